The Morgan fingerprint density at radius 1 is 1.20 bits per heavy atom. The van der Waals surface area contributed by atoms with Crippen LogP contribution in [0.4, 0.5) is 5.69 Å². The third-order valence-electron chi connectivity index (χ3n) is 2.64. The number of sulfonamides is 1. The van der Waals surface area contributed by atoms with Crippen LogP contribution >= 0.6 is 27.5 Å². The number of para-hydroxylation sites is 1. The van der Waals surface area contributed by atoms with E-state index in [1.54, 1.807) is 30.3 Å². The Hall–Kier alpha value is -1.08. The number of benzene rings is 2. The van der Waals surface area contributed by atoms with Crippen molar-refractivity contribution in [3.05, 3.63) is 57.5 Å². The summed E-state index contributed by atoms with van der Waals surface area (Å²) in [5.74, 6) is 0. The second-order valence-electron chi connectivity index (χ2n) is 4.05. The van der Waals surface area contributed by atoms with Gasteiger partial charge in [0.1, 0.15) is 4.90 Å². The van der Waals surface area contributed by atoms with Gasteiger partial charge in [0.25, 0.3) is 10.0 Å². The Bertz CT molecular complexity index is 735. The fraction of sp³-hybridized carbons (Fsp3) is 0.0769. The molecule has 4 nitrogen and oxygen atoms in total. The van der Waals surface area contributed by atoms with Crippen LogP contribution in [0.15, 0.2) is 51.8 Å². The van der Waals surface area contributed by atoms with Gasteiger partial charge in [-0.25, -0.2) is 8.42 Å². The molecule has 0 amide bonds. The van der Waals surface area contributed by atoms with Gasteiger partial charge in [0.05, 0.1) is 10.7 Å². The van der Waals surface area contributed by atoms with Crippen LogP contribution in [0, 0.1) is 0 Å². The molecule has 2 aromatic carbocycles. The largest absolute Gasteiger partial charge is 0.326 e. The van der Waals surface area contributed by atoms with Crippen LogP contribution in [0.1, 0.15) is 5.56 Å². The molecule has 0 aliphatic carbocycles. The molecule has 0 bridgehead atoms. The second kappa shape index (κ2) is 6.13. The molecule has 0 aliphatic rings. The molecule has 2 aromatic rings. The first kappa shape index (κ1) is 15.3. The maximum absolute atomic E-state index is 12.4. The van der Waals surface area contributed by atoms with Crippen LogP contribution in [-0.2, 0) is 16.6 Å². The van der Waals surface area contributed by atoms with Crippen molar-refractivity contribution in [2.45, 2.75) is 11.4 Å². The van der Waals surface area contributed by atoms with E-state index in [0.717, 1.165) is 0 Å². The Morgan fingerprint density at radius 3 is 2.55 bits per heavy atom. The summed E-state index contributed by atoms with van der Waals surface area (Å²) in [6.07, 6.45) is 0. The van der Waals surface area contributed by atoms with E-state index < -0.39 is 10.0 Å². The van der Waals surface area contributed by atoms with Crippen LogP contribution in [-0.4, -0.2) is 8.42 Å². The first-order chi connectivity index (χ1) is 9.44. The first-order valence-corrected chi connectivity index (χ1v) is 8.35. The summed E-state index contributed by atoms with van der Waals surface area (Å²) in [7, 11) is -3.77. The molecule has 7 heteroatoms. The fourth-order valence-electron chi connectivity index (χ4n) is 1.62. The van der Waals surface area contributed by atoms with E-state index in [4.69, 9.17) is 17.3 Å². The molecule has 0 saturated heterocycles. The molecule has 0 fully saturated rings. The van der Waals surface area contributed by atoms with Crippen molar-refractivity contribution >= 4 is 43.2 Å². The molecule has 3 N–H and O–H groups in total. The van der Waals surface area contributed by atoms with E-state index >= 15 is 0 Å². The third-order valence-corrected chi connectivity index (χ3v) is 5.18. The summed E-state index contributed by atoms with van der Waals surface area (Å²) in [5, 5.41) is 0.154. The van der Waals surface area contributed by atoms with Crippen molar-refractivity contribution in [3.63, 3.8) is 0 Å². The summed E-state index contributed by atoms with van der Waals surface area (Å²) >= 11 is 9.26. The van der Waals surface area contributed by atoms with Crippen LogP contribution in [0.5, 0.6) is 0 Å². The third kappa shape index (κ3) is 3.32. The topological polar surface area (TPSA) is 72.2 Å². The molecule has 0 spiro atoms. The Balaban J connectivity index is 2.43. The average Bonchev–Trinajstić information content (AvgIpc) is 2.41. The fourth-order valence-corrected chi connectivity index (χ4v) is 3.77. The normalized spacial score (nSPS) is 11.3. The molecule has 0 aliphatic heterocycles. The van der Waals surface area contributed by atoms with Crippen molar-refractivity contribution in [1.29, 1.82) is 0 Å². The molecule has 2 rings (SSSR count). The smallest absolute Gasteiger partial charge is 0.263 e. The lowest BCUT2D eigenvalue weighted by molar-refractivity contribution is 0.601. The van der Waals surface area contributed by atoms with Crippen LogP contribution in [0.3, 0.4) is 0 Å². The van der Waals surface area contributed by atoms with Gasteiger partial charge in [-0.3, -0.25) is 4.72 Å². The molecule has 0 unspecified atom stereocenters. The van der Waals surface area contributed by atoms with Crippen molar-refractivity contribution < 1.29 is 8.42 Å². The lowest BCUT2D eigenvalue weighted by Gasteiger charge is -2.11. The predicted octanol–water partition coefficient (Wildman–Crippen LogP) is 3.36. The highest BCUT2D eigenvalue weighted by atomic mass is 79.9. The number of hydrogen-bond acceptors (Lipinski definition) is 3. The minimum absolute atomic E-state index is 0.0119. The molecular formula is C13H12BrClN2O2S. The SMILES string of the molecule is NCc1ccc(Cl)c(S(=O)(=O)Nc2ccccc2Br)c1. The van der Waals surface area contributed by atoms with Gasteiger partial charge in [-0.15, -0.1) is 0 Å². The van der Waals surface area contributed by atoms with E-state index in [1.807, 2.05) is 0 Å². The van der Waals surface area contributed by atoms with Gasteiger partial charge in [-0.2, -0.15) is 0 Å². The second-order valence-corrected chi connectivity index (χ2v) is 6.97. The van der Waals surface area contributed by atoms with Gasteiger partial charge < -0.3 is 5.73 Å². The highest BCUT2D eigenvalue weighted by molar-refractivity contribution is 9.10. The molecule has 106 valence electrons. The van der Waals surface area contributed by atoms with E-state index in [0.29, 0.717) is 15.7 Å². The summed E-state index contributed by atoms with van der Waals surface area (Å²) in [5.41, 5.74) is 6.67. The average molecular weight is 376 g/mol. The zero-order valence-electron chi connectivity index (χ0n) is 10.3. The van der Waals surface area contributed by atoms with Crippen LogP contribution in [0.25, 0.3) is 0 Å². The van der Waals surface area contributed by atoms with Gasteiger partial charge in [0.15, 0.2) is 0 Å². The molecule has 0 saturated carbocycles. The number of nitrogens with two attached hydrogens (primary N) is 1. The Morgan fingerprint density at radius 2 is 1.90 bits per heavy atom. The van der Waals surface area contributed by atoms with E-state index in [2.05, 4.69) is 20.7 Å². The van der Waals surface area contributed by atoms with Gasteiger partial charge in [-0.05, 0) is 45.8 Å². The summed E-state index contributed by atoms with van der Waals surface area (Å²) in [6, 6.07) is 11.6. The Labute approximate surface area is 131 Å². The molecule has 0 atom stereocenters. The first-order valence-electron chi connectivity index (χ1n) is 5.70. The number of anilines is 1. The molecule has 0 aromatic heterocycles. The van der Waals surface area contributed by atoms with Crippen molar-refractivity contribution in [2.24, 2.45) is 5.73 Å². The monoisotopic (exact) mass is 374 g/mol. The predicted molar refractivity (Wildman–Crippen MR) is 84.3 cm³/mol. The zero-order chi connectivity index (χ0) is 14.8. The lowest BCUT2D eigenvalue weighted by atomic mass is 10.2. The molecular weight excluding hydrogens is 364 g/mol. The highest BCUT2D eigenvalue weighted by Gasteiger charge is 2.19. The number of hydrogen-bond donors (Lipinski definition) is 2. The zero-order valence-corrected chi connectivity index (χ0v) is 13.5. The van der Waals surface area contributed by atoms with Crippen LogP contribution in [0.2, 0.25) is 5.02 Å². The van der Waals surface area contributed by atoms with Crippen molar-refractivity contribution in [2.75, 3.05) is 4.72 Å². The molecule has 0 heterocycles. The Kier molecular flexibility index (Phi) is 4.70. The summed E-state index contributed by atoms with van der Waals surface area (Å²) in [4.78, 5) is 0.0119. The van der Waals surface area contributed by atoms with Gasteiger partial charge in [-0.1, -0.05) is 29.8 Å². The molecule has 20 heavy (non-hydrogen) atoms. The maximum Gasteiger partial charge on any atom is 0.263 e. The number of halogens is 2. The number of rotatable bonds is 4. The maximum atomic E-state index is 12.4. The summed E-state index contributed by atoms with van der Waals surface area (Å²) < 4.78 is 27.9. The van der Waals surface area contributed by atoms with Crippen LogP contribution < -0.4 is 10.5 Å². The number of nitrogens with one attached hydrogen (secondary N) is 1. The highest BCUT2D eigenvalue weighted by Crippen LogP contribution is 2.28. The van der Waals surface area contributed by atoms with Gasteiger partial charge in [0.2, 0.25) is 0 Å². The van der Waals surface area contributed by atoms with E-state index in [-0.39, 0.29) is 16.5 Å². The van der Waals surface area contributed by atoms with Gasteiger partial charge in [0, 0.05) is 11.0 Å². The standard InChI is InChI=1S/C13H12BrClN2O2S/c14-10-3-1-2-4-12(10)17-20(18,19)13-7-9(8-16)5-6-11(13)15/h1-7,17H,8,16H2. The molecule has 0 radical (unpaired) electrons. The summed E-state index contributed by atoms with van der Waals surface area (Å²) in [6.45, 7) is 0.245. The van der Waals surface area contributed by atoms with Crippen molar-refractivity contribution in [3.8, 4) is 0 Å². The minimum Gasteiger partial charge on any atom is -0.326 e. The minimum atomic E-state index is -3.77. The quantitative estimate of drug-likeness (QED) is 0.860. The van der Waals surface area contributed by atoms with E-state index in [9.17, 15) is 8.42 Å². The van der Waals surface area contributed by atoms with Crippen molar-refractivity contribution in [1.82, 2.24) is 0 Å². The van der Waals surface area contributed by atoms with Gasteiger partial charge >= 0.3 is 0 Å². The van der Waals surface area contributed by atoms with E-state index in [1.165, 1.54) is 12.1 Å². The lowest BCUT2D eigenvalue weighted by Crippen LogP contribution is -2.14.